The van der Waals surface area contributed by atoms with Crippen LogP contribution in [0.15, 0.2) is 11.2 Å². The highest BCUT2D eigenvalue weighted by atomic mass is 15.4. The van der Waals surface area contributed by atoms with Crippen LogP contribution < -0.4 is 11.1 Å². The van der Waals surface area contributed by atoms with E-state index in [2.05, 4.69) is 20.6 Å². The zero-order valence-corrected chi connectivity index (χ0v) is 10.3. The summed E-state index contributed by atoms with van der Waals surface area (Å²) in [5, 5.41) is 10.9. The second-order valence-corrected chi connectivity index (χ2v) is 4.53. The van der Waals surface area contributed by atoms with Crippen LogP contribution in [0.4, 0.5) is 0 Å². The number of aromatic nitrogens is 3. The van der Waals surface area contributed by atoms with Crippen molar-refractivity contribution in [3.63, 3.8) is 0 Å². The lowest BCUT2D eigenvalue weighted by Crippen LogP contribution is -2.41. The lowest BCUT2D eigenvalue weighted by molar-refractivity contribution is 0.412. The second kappa shape index (κ2) is 5.65. The van der Waals surface area contributed by atoms with Gasteiger partial charge in [0.05, 0.1) is 18.4 Å². The number of aryl methyl sites for hydroxylation is 1. The summed E-state index contributed by atoms with van der Waals surface area (Å²) in [4.78, 5) is 4.30. The molecule has 0 spiro atoms. The topological polar surface area (TPSA) is 81.1 Å². The third-order valence-corrected chi connectivity index (χ3v) is 3.18. The van der Waals surface area contributed by atoms with E-state index in [0.717, 1.165) is 5.69 Å². The Bertz CT molecular complexity index is 377. The van der Waals surface area contributed by atoms with E-state index in [1.165, 1.54) is 32.1 Å². The predicted octanol–water partition coefficient (Wildman–Crippen LogP) is 0.552. The molecule has 6 nitrogen and oxygen atoms in total. The minimum atomic E-state index is 0.497. The number of nitrogens with two attached hydrogens (primary N) is 1. The molecule has 3 N–H and O–H groups in total. The first-order valence-electron chi connectivity index (χ1n) is 6.15. The molecule has 0 unspecified atom stereocenters. The van der Waals surface area contributed by atoms with Crippen LogP contribution in [0.3, 0.4) is 0 Å². The number of nitrogens with zero attached hydrogens (tertiary/aromatic N) is 4. The van der Waals surface area contributed by atoms with Gasteiger partial charge in [0.15, 0.2) is 5.96 Å². The molecule has 17 heavy (non-hydrogen) atoms. The van der Waals surface area contributed by atoms with Crippen molar-refractivity contribution < 1.29 is 0 Å². The van der Waals surface area contributed by atoms with Crippen LogP contribution in [0, 0.1) is 0 Å². The summed E-state index contributed by atoms with van der Waals surface area (Å²) in [6.45, 7) is 0.523. The predicted molar refractivity (Wildman–Crippen MR) is 66.3 cm³/mol. The molecule has 6 heteroatoms. The first kappa shape index (κ1) is 11.9. The van der Waals surface area contributed by atoms with Crippen LogP contribution in [0.25, 0.3) is 0 Å². The fourth-order valence-electron chi connectivity index (χ4n) is 2.12. The van der Waals surface area contributed by atoms with E-state index < -0.39 is 0 Å². The van der Waals surface area contributed by atoms with Crippen molar-refractivity contribution in [1.82, 2.24) is 20.3 Å². The number of rotatable bonds is 3. The van der Waals surface area contributed by atoms with Crippen molar-refractivity contribution in [2.75, 3.05) is 0 Å². The van der Waals surface area contributed by atoms with Crippen LogP contribution in [0.1, 0.15) is 37.8 Å². The van der Waals surface area contributed by atoms with E-state index >= 15 is 0 Å². The molecule has 1 aromatic heterocycles. The molecule has 0 aliphatic heterocycles. The van der Waals surface area contributed by atoms with E-state index in [1.54, 1.807) is 10.9 Å². The van der Waals surface area contributed by atoms with E-state index in [9.17, 15) is 0 Å². The highest BCUT2D eigenvalue weighted by molar-refractivity contribution is 5.78. The Morgan fingerprint density at radius 1 is 1.53 bits per heavy atom. The van der Waals surface area contributed by atoms with Crippen molar-refractivity contribution in [2.45, 2.75) is 44.7 Å². The molecule has 0 saturated heterocycles. The van der Waals surface area contributed by atoms with Gasteiger partial charge in [-0.05, 0) is 12.8 Å². The summed E-state index contributed by atoms with van der Waals surface area (Å²) < 4.78 is 1.71. The van der Waals surface area contributed by atoms with Gasteiger partial charge in [-0.25, -0.2) is 4.99 Å². The van der Waals surface area contributed by atoms with Gasteiger partial charge in [-0.1, -0.05) is 24.5 Å². The van der Waals surface area contributed by atoms with Gasteiger partial charge in [0.1, 0.15) is 0 Å². The second-order valence-electron chi connectivity index (χ2n) is 4.53. The number of guanidine groups is 1. The van der Waals surface area contributed by atoms with Crippen LogP contribution >= 0.6 is 0 Å². The Morgan fingerprint density at radius 3 is 2.94 bits per heavy atom. The number of hydrogen-bond donors (Lipinski definition) is 2. The number of aliphatic imine (C=N–C) groups is 1. The Labute approximate surface area is 101 Å². The fraction of sp³-hybridized carbons (Fsp3) is 0.727. The molecule has 0 bridgehead atoms. The summed E-state index contributed by atoms with van der Waals surface area (Å²) >= 11 is 0. The zero-order valence-electron chi connectivity index (χ0n) is 10.3. The maximum absolute atomic E-state index is 5.86. The molecule has 94 valence electrons. The molecular weight excluding hydrogens is 216 g/mol. The normalized spacial score (nSPS) is 18.3. The molecule has 0 amide bonds. The summed E-state index contributed by atoms with van der Waals surface area (Å²) in [7, 11) is 1.85. The Balaban J connectivity index is 1.82. The van der Waals surface area contributed by atoms with Gasteiger partial charge in [-0.3, -0.25) is 4.68 Å². The van der Waals surface area contributed by atoms with E-state index in [1.807, 2.05) is 7.05 Å². The third kappa shape index (κ3) is 3.44. The summed E-state index contributed by atoms with van der Waals surface area (Å²) in [6, 6.07) is 0.497. The van der Waals surface area contributed by atoms with Gasteiger partial charge in [0, 0.05) is 13.1 Å². The smallest absolute Gasteiger partial charge is 0.189 e. The van der Waals surface area contributed by atoms with Crippen LogP contribution in [-0.2, 0) is 13.6 Å². The van der Waals surface area contributed by atoms with Gasteiger partial charge in [-0.2, -0.15) is 0 Å². The highest BCUT2D eigenvalue weighted by Crippen LogP contribution is 2.16. The first-order valence-corrected chi connectivity index (χ1v) is 6.15. The standard InChI is InChI=1S/C11H20N6/c1-17-10(8-14-16-17)7-13-11(12)15-9-5-3-2-4-6-9/h8-9H,2-7H2,1H3,(H3,12,13,15). The maximum atomic E-state index is 5.86. The minimum Gasteiger partial charge on any atom is -0.370 e. The van der Waals surface area contributed by atoms with E-state index in [4.69, 9.17) is 5.73 Å². The molecule has 0 aromatic carbocycles. The molecule has 1 aliphatic rings. The molecule has 1 aliphatic carbocycles. The molecule has 2 rings (SSSR count). The first-order chi connectivity index (χ1) is 8.25. The van der Waals surface area contributed by atoms with Crippen LogP contribution in [-0.4, -0.2) is 27.0 Å². The van der Waals surface area contributed by atoms with Gasteiger partial charge in [-0.15, -0.1) is 5.10 Å². The van der Waals surface area contributed by atoms with Gasteiger partial charge < -0.3 is 11.1 Å². The lowest BCUT2D eigenvalue weighted by atomic mass is 9.96. The quantitative estimate of drug-likeness (QED) is 0.593. The molecule has 1 heterocycles. The van der Waals surface area contributed by atoms with Gasteiger partial charge in [0.25, 0.3) is 0 Å². The fourth-order valence-corrected chi connectivity index (χ4v) is 2.12. The molecule has 1 saturated carbocycles. The van der Waals surface area contributed by atoms with Crippen molar-refractivity contribution in [3.05, 3.63) is 11.9 Å². The lowest BCUT2D eigenvalue weighted by Gasteiger charge is -2.23. The Hall–Kier alpha value is -1.59. The Kier molecular flexibility index (Phi) is 3.95. The van der Waals surface area contributed by atoms with Crippen molar-refractivity contribution in [1.29, 1.82) is 0 Å². The largest absolute Gasteiger partial charge is 0.370 e. The third-order valence-electron chi connectivity index (χ3n) is 3.18. The van der Waals surface area contributed by atoms with Crippen molar-refractivity contribution >= 4 is 5.96 Å². The monoisotopic (exact) mass is 236 g/mol. The average molecular weight is 236 g/mol. The SMILES string of the molecule is Cn1nncc1CN=C(N)NC1CCCCC1. The molecule has 1 fully saturated rings. The minimum absolute atomic E-state index is 0.497. The number of nitrogens with one attached hydrogen (secondary N) is 1. The highest BCUT2D eigenvalue weighted by Gasteiger charge is 2.13. The molecule has 1 aromatic rings. The molecule has 0 atom stereocenters. The number of hydrogen-bond acceptors (Lipinski definition) is 3. The molecular formula is C11H20N6. The van der Waals surface area contributed by atoms with E-state index in [0.29, 0.717) is 18.5 Å². The van der Waals surface area contributed by atoms with E-state index in [-0.39, 0.29) is 0 Å². The summed E-state index contributed by atoms with van der Waals surface area (Å²) in [5.41, 5.74) is 6.82. The van der Waals surface area contributed by atoms with Crippen molar-refractivity contribution in [3.8, 4) is 0 Å². The van der Waals surface area contributed by atoms with Gasteiger partial charge >= 0.3 is 0 Å². The molecule has 0 radical (unpaired) electrons. The summed E-state index contributed by atoms with van der Waals surface area (Å²) in [5.74, 6) is 0.526. The zero-order chi connectivity index (χ0) is 12.1. The maximum Gasteiger partial charge on any atom is 0.189 e. The van der Waals surface area contributed by atoms with Gasteiger partial charge in [0.2, 0.25) is 0 Å². The Morgan fingerprint density at radius 2 is 2.29 bits per heavy atom. The van der Waals surface area contributed by atoms with Crippen LogP contribution in [0.2, 0.25) is 0 Å². The van der Waals surface area contributed by atoms with Crippen molar-refractivity contribution in [2.24, 2.45) is 17.8 Å². The average Bonchev–Trinajstić information content (AvgIpc) is 2.74. The van der Waals surface area contributed by atoms with Crippen LogP contribution in [0.5, 0.6) is 0 Å². The summed E-state index contributed by atoms with van der Waals surface area (Å²) in [6.07, 6.45) is 8.02.